The summed E-state index contributed by atoms with van der Waals surface area (Å²) in [5, 5.41) is 10.3. The highest BCUT2D eigenvalue weighted by molar-refractivity contribution is 7.22. The van der Waals surface area contributed by atoms with Crippen LogP contribution in [-0.4, -0.2) is 21.7 Å². The van der Waals surface area contributed by atoms with Crippen LogP contribution < -0.4 is 4.74 Å². The Morgan fingerprint density at radius 3 is 3.00 bits per heavy atom. The predicted molar refractivity (Wildman–Crippen MR) is 75.6 cm³/mol. The topological polar surface area (TPSA) is 55.2 Å². The fraction of sp³-hybridized carbons (Fsp3) is 0.143. The molecule has 0 aliphatic carbocycles. The van der Waals surface area contributed by atoms with E-state index in [0.717, 1.165) is 4.70 Å². The van der Waals surface area contributed by atoms with Gasteiger partial charge in [-0.25, -0.2) is 14.4 Å². The molecule has 3 aromatic rings. The molecule has 0 fully saturated rings. The molecule has 102 valence electrons. The minimum Gasteiger partial charge on any atom is -0.504 e. The molecule has 0 saturated heterocycles. The molecule has 3 rings (SSSR count). The summed E-state index contributed by atoms with van der Waals surface area (Å²) >= 11 is 1.35. The van der Waals surface area contributed by atoms with E-state index in [2.05, 4.69) is 9.97 Å². The lowest BCUT2D eigenvalue weighted by Gasteiger charge is -2.09. The number of aromatic hydroxyl groups is 1. The van der Waals surface area contributed by atoms with Crippen LogP contribution in [0, 0.1) is 5.82 Å². The van der Waals surface area contributed by atoms with E-state index in [1.807, 2.05) is 6.92 Å². The zero-order valence-electron chi connectivity index (χ0n) is 10.6. The second-order valence-electron chi connectivity index (χ2n) is 4.09. The van der Waals surface area contributed by atoms with Gasteiger partial charge in [0.25, 0.3) is 0 Å². The first-order valence-corrected chi connectivity index (χ1v) is 6.86. The van der Waals surface area contributed by atoms with E-state index in [1.165, 1.54) is 29.8 Å². The van der Waals surface area contributed by atoms with Gasteiger partial charge in [-0.15, -0.1) is 11.3 Å². The monoisotopic (exact) mass is 290 g/mol. The smallest absolute Gasteiger partial charge is 0.160 e. The van der Waals surface area contributed by atoms with Crippen LogP contribution in [0.5, 0.6) is 11.5 Å². The molecular formula is C14H11FN2O2S. The average Bonchev–Trinajstić information content (AvgIpc) is 2.77. The van der Waals surface area contributed by atoms with Gasteiger partial charge in [-0.05, 0) is 19.1 Å². The van der Waals surface area contributed by atoms with Gasteiger partial charge in [0.15, 0.2) is 5.75 Å². The minimum absolute atomic E-state index is 0.0694. The molecule has 2 aromatic heterocycles. The molecule has 0 aliphatic heterocycles. The van der Waals surface area contributed by atoms with Crippen molar-refractivity contribution in [3.05, 3.63) is 36.5 Å². The Kier molecular flexibility index (Phi) is 3.23. The number of thiophene rings is 1. The first kappa shape index (κ1) is 12.8. The quantitative estimate of drug-likeness (QED) is 0.800. The molecule has 0 atom stereocenters. The molecule has 0 bridgehead atoms. The maximum Gasteiger partial charge on any atom is 0.160 e. The summed E-state index contributed by atoms with van der Waals surface area (Å²) in [7, 11) is 0. The molecule has 0 unspecified atom stereocenters. The van der Waals surface area contributed by atoms with Crippen LogP contribution in [0.25, 0.3) is 20.7 Å². The minimum atomic E-state index is -0.377. The van der Waals surface area contributed by atoms with Crippen LogP contribution in [0.4, 0.5) is 4.39 Å². The van der Waals surface area contributed by atoms with Gasteiger partial charge in [-0.1, -0.05) is 0 Å². The number of fused-ring (bicyclic) bond motifs is 1. The molecule has 6 heteroatoms. The Morgan fingerprint density at radius 1 is 1.40 bits per heavy atom. The highest BCUT2D eigenvalue weighted by Gasteiger charge is 2.18. The van der Waals surface area contributed by atoms with Gasteiger partial charge >= 0.3 is 0 Å². The van der Waals surface area contributed by atoms with Crippen molar-refractivity contribution < 1.29 is 14.2 Å². The van der Waals surface area contributed by atoms with Crippen molar-refractivity contribution in [3.8, 4) is 21.9 Å². The number of benzene rings is 1. The summed E-state index contributed by atoms with van der Waals surface area (Å²) < 4.78 is 19.5. The predicted octanol–water partition coefficient (Wildman–Crippen LogP) is 3.60. The number of nitrogens with zero attached hydrogens (tertiary/aromatic N) is 2. The summed E-state index contributed by atoms with van der Waals surface area (Å²) in [6.45, 7) is 2.24. The van der Waals surface area contributed by atoms with E-state index < -0.39 is 0 Å². The molecule has 1 aromatic carbocycles. The Labute approximate surface area is 118 Å². The summed E-state index contributed by atoms with van der Waals surface area (Å²) in [6.07, 6.45) is 3.02. The van der Waals surface area contributed by atoms with Gasteiger partial charge in [0.05, 0.1) is 16.2 Å². The molecule has 1 N–H and O–H groups in total. The highest BCUT2D eigenvalue weighted by atomic mass is 32.1. The standard InChI is InChI=1S/C14H11FN2O2S/c1-2-19-10-5-8(15)3-4-9(10)14-13(18)12-11(20-14)6-16-7-17-12/h3-7,18H,2H2,1H3. The van der Waals surface area contributed by atoms with Crippen molar-refractivity contribution in [2.75, 3.05) is 6.61 Å². The van der Waals surface area contributed by atoms with Crippen LogP contribution in [0.2, 0.25) is 0 Å². The second-order valence-corrected chi connectivity index (χ2v) is 5.14. The normalized spacial score (nSPS) is 10.9. The number of hydrogen-bond acceptors (Lipinski definition) is 5. The SMILES string of the molecule is CCOc1cc(F)ccc1-c1sc2cncnc2c1O. The van der Waals surface area contributed by atoms with Crippen LogP contribution in [0.3, 0.4) is 0 Å². The summed E-state index contributed by atoms with van der Waals surface area (Å²) in [5.41, 5.74) is 1.14. The van der Waals surface area contributed by atoms with Crippen LogP contribution >= 0.6 is 11.3 Å². The first-order valence-electron chi connectivity index (χ1n) is 6.05. The van der Waals surface area contributed by atoms with E-state index >= 15 is 0 Å². The zero-order valence-corrected chi connectivity index (χ0v) is 11.4. The molecule has 4 nitrogen and oxygen atoms in total. The van der Waals surface area contributed by atoms with Crippen molar-refractivity contribution in [1.29, 1.82) is 0 Å². The number of aromatic nitrogens is 2. The van der Waals surface area contributed by atoms with Gasteiger partial charge in [0, 0.05) is 17.8 Å². The van der Waals surface area contributed by atoms with Crippen LogP contribution in [0.15, 0.2) is 30.7 Å². The van der Waals surface area contributed by atoms with Gasteiger partial charge in [-0.2, -0.15) is 0 Å². The lowest BCUT2D eigenvalue weighted by atomic mass is 10.1. The maximum atomic E-state index is 13.3. The molecule has 0 spiro atoms. The summed E-state index contributed by atoms with van der Waals surface area (Å²) in [4.78, 5) is 8.59. The third kappa shape index (κ3) is 2.08. The Bertz CT molecular complexity index is 773. The van der Waals surface area contributed by atoms with E-state index in [4.69, 9.17) is 4.74 Å². The molecule has 0 saturated carbocycles. The number of rotatable bonds is 3. The van der Waals surface area contributed by atoms with E-state index in [0.29, 0.717) is 28.3 Å². The average molecular weight is 290 g/mol. The molecule has 20 heavy (non-hydrogen) atoms. The third-order valence-electron chi connectivity index (χ3n) is 2.82. The van der Waals surface area contributed by atoms with Gasteiger partial charge in [-0.3, -0.25) is 0 Å². The molecule has 0 amide bonds. The van der Waals surface area contributed by atoms with Crippen LogP contribution in [0.1, 0.15) is 6.92 Å². The van der Waals surface area contributed by atoms with Crippen molar-refractivity contribution in [2.45, 2.75) is 6.92 Å². The molecule has 0 aliphatic rings. The van der Waals surface area contributed by atoms with Crippen molar-refractivity contribution in [1.82, 2.24) is 9.97 Å². The largest absolute Gasteiger partial charge is 0.504 e. The zero-order chi connectivity index (χ0) is 14.1. The highest BCUT2D eigenvalue weighted by Crippen LogP contribution is 2.45. The maximum absolute atomic E-state index is 13.3. The fourth-order valence-electron chi connectivity index (χ4n) is 1.98. The van der Waals surface area contributed by atoms with E-state index in [-0.39, 0.29) is 11.6 Å². The van der Waals surface area contributed by atoms with Gasteiger partial charge in [0.1, 0.15) is 23.4 Å². The molecule has 2 heterocycles. The Balaban J connectivity index is 2.22. The Hall–Kier alpha value is -2.21. The van der Waals surface area contributed by atoms with E-state index in [1.54, 1.807) is 12.3 Å². The molecule has 0 radical (unpaired) electrons. The summed E-state index contributed by atoms with van der Waals surface area (Å²) in [5.74, 6) is 0.0971. The lowest BCUT2D eigenvalue weighted by molar-refractivity contribution is 0.339. The van der Waals surface area contributed by atoms with Crippen molar-refractivity contribution in [2.24, 2.45) is 0 Å². The third-order valence-corrected chi connectivity index (χ3v) is 3.95. The van der Waals surface area contributed by atoms with E-state index in [9.17, 15) is 9.50 Å². The second kappa shape index (κ2) is 5.05. The number of hydrogen-bond donors (Lipinski definition) is 1. The first-order chi connectivity index (χ1) is 9.70. The summed E-state index contributed by atoms with van der Waals surface area (Å²) in [6, 6.07) is 4.25. The van der Waals surface area contributed by atoms with Gasteiger partial charge < -0.3 is 9.84 Å². The fourth-order valence-corrected chi connectivity index (χ4v) is 3.03. The number of ether oxygens (including phenoxy) is 1. The molecular weight excluding hydrogens is 279 g/mol. The van der Waals surface area contributed by atoms with Gasteiger partial charge in [0.2, 0.25) is 0 Å². The number of halogens is 1. The van der Waals surface area contributed by atoms with Crippen molar-refractivity contribution >= 4 is 21.6 Å². The lowest BCUT2D eigenvalue weighted by Crippen LogP contribution is -1.94. The van der Waals surface area contributed by atoms with Crippen LogP contribution in [-0.2, 0) is 0 Å². The van der Waals surface area contributed by atoms with Crippen molar-refractivity contribution in [3.63, 3.8) is 0 Å². The Morgan fingerprint density at radius 2 is 2.25 bits per heavy atom.